The number of benzene rings is 5. The van der Waals surface area contributed by atoms with E-state index in [1.807, 2.05) is 42.5 Å². The fourth-order valence-corrected chi connectivity index (χ4v) is 7.71. The van der Waals surface area contributed by atoms with Crippen LogP contribution in [0, 0.1) is 0 Å². The summed E-state index contributed by atoms with van der Waals surface area (Å²) in [4.78, 5) is 70.4. The fraction of sp³-hybridized carbons (Fsp3) is 0.267. The number of para-hydroxylation sites is 2. The monoisotopic (exact) mass is 783 g/mol. The van der Waals surface area contributed by atoms with Crippen molar-refractivity contribution in [2.75, 3.05) is 50.8 Å². The molecule has 0 bridgehead atoms. The third kappa shape index (κ3) is 7.81. The van der Waals surface area contributed by atoms with Crippen LogP contribution in [0.4, 0.5) is 16.2 Å². The second-order valence-corrected chi connectivity index (χ2v) is 14.2. The van der Waals surface area contributed by atoms with E-state index in [0.717, 1.165) is 33.0 Å². The van der Waals surface area contributed by atoms with E-state index < -0.39 is 36.0 Å². The van der Waals surface area contributed by atoms with Crippen molar-refractivity contribution in [2.24, 2.45) is 0 Å². The Bertz CT molecular complexity index is 2350. The molecule has 0 saturated carbocycles. The fourth-order valence-electron chi connectivity index (χ4n) is 7.71. The number of fused-ring (bicyclic) bond motifs is 5. The number of esters is 1. The lowest BCUT2D eigenvalue weighted by atomic mass is 9.98. The lowest BCUT2D eigenvalue weighted by Crippen LogP contribution is -2.55. The summed E-state index contributed by atoms with van der Waals surface area (Å²) in [5.74, 6) is -1.33. The molecule has 0 aromatic heterocycles. The molecule has 4 amide bonds. The van der Waals surface area contributed by atoms with Crippen molar-refractivity contribution in [1.29, 1.82) is 0 Å². The Kier molecular flexibility index (Phi) is 11.7. The van der Waals surface area contributed by atoms with Crippen molar-refractivity contribution in [2.45, 2.75) is 37.9 Å². The Hall–Kier alpha value is -6.73. The van der Waals surface area contributed by atoms with Crippen LogP contribution in [0.3, 0.4) is 0 Å². The third-order valence-corrected chi connectivity index (χ3v) is 10.8. The summed E-state index contributed by atoms with van der Waals surface area (Å²) in [6.45, 7) is 1.62. The number of carbonyl (C=O) groups is 5. The molecule has 0 spiro atoms. The van der Waals surface area contributed by atoms with Gasteiger partial charge in [0.15, 0.2) is 0 Å². The second kappa shape index (κ2) is 17.2. The largest absolute Gasteiger partial charge is 0.496 e. The Morgan fingerprint density at radius 3 is 2.19 bits per heavy atom. The molecule has 1 aliphatic carbocycles. The lowest BCUT2D eigenvalue weighted by Gasteiger charge is -2.27. The van der Waals surface area contributed by atoms with E-state index in [1.54, 1.807) is 62.5 Å². The van der Waals surface area contributed by atoms with Gasteiger partial charge in [-0.1, -0.05) is 72.8 Å². The second-order valence-electron chi connectivity index (χ2n) is 14.2. The van der Waals surface area contributed by atoms with Gasteiger partial charge in [0.25, 0.3) is 5.91 Å². The van der Waals surface area contributed by atoms with Gasteiger partial charge in [0.05, 0.1) is 50.3 Å². The van der Waals surface area contributed by atoms with Gasteiger partial charge >= 0.3 is 12.1 Å². The molecule has 0 radical (unpaired) electrons. The number of hydrogen-bond donors (Lipinski definition) is 3. The first-order chi connectivity index (χ1) is 28.1. The van der Waals surface area contributed by atoms with Crippen molar-refractivity contribution in [1.82, 2.24) is 16.0 Å². The summed E-state index contributed by atoms with van der Waals surface area (Å²) >= 11 is 0. The van der Waals surface area contributed by atoms with Crippen molar-refractivity contribution in [3.05, 3.63) is 125 Å². The van der Waals surface area contributed by atoms with E-state index in [0.29, 0.717) is 28.3 Å². The summed E-state index contributed by atoms with van der Waals surface area (Å²) in [5, 5.41) is 9.93. The van der Waals surface area contributed by atoms with Gasteiger partial charge in [-0.05, 0) is 77.3 Å². The smallest absolute Gasteiger partial charge is 0.407 e. The average molecular weight is 784 g/mol. The van der Waals surface area contributed by atoms with Crippen LogP contribution < -0.4 is 30.5 Å². The van der Waals surface area contributed by atoms with E-state index in [2.05, 4.69) is 28.1 Å². The average Bonchev–Trinajstić information content (AvgIpc) is 3.52. The summed E-state index contributed by atoms with van der Waals surface area (Å²) in [7, 11) is 4.49. The zero-order chi connectivity index (χ0) is 40.9. The van der Waals surface area contributed by atoms with Gasteiger partial charge in [-0.3, -0.25) is 14.4 Å². The van der Waals surface area contributed by atoms with Crippen LogP contribution in [0.2, 0.25) is 0 Å². The minimum atomic E-state index is -1.14. The van der Waals surface area contributed by atoms with Gasteiger partial charge < -0.3 is 40.0 Å². The quantitative estimate of drug-likeness (QED) is 0.139. The van der Waals surface area contributed by atoms with Crippen LogP contribution in [-0.2, 0) is 30.4 Å². The molecule has 5 aromatic rings. The van der Waals surface area contributed by atoms with Gasteiger partial charge in [-0.15, -0.1) is 0 Å². The Labute approximate surface area is 336 Å². The normalized spacial score (nSPS) is 15.1. The Balaban J connectivity index is 1.12. The van der Waals surface area contributed by atoms with Gasteiger partial charge in [0.2, 0.25) is 11.8 Å². The summed E-state index contributed by atoms with van der Waals surface area (Å²) in [5.41, 5.74) is 6.33. The molecule has 2 aliphatic rings. The number of alkyl carbamates (subject to hydrolysis) is 1. The predicted molar refractivity (Wildman–Crippen MR) is 220 cm³/mol. The highest BCUT2D eigenvalue weighted by atomic mass is 16.5. The molecular formula is C45H45N5O8. The standard InChI is InChI=1S/C45H45N5O8/c1-27(46-2)42(52)48-37-25-49(41(51)21-22-47-45(55)58-26-36-33-13-7-5-11-31(33)32-12-6-8-14-34(32)36)38-15-9-10-16-39(38)50(43(37)53)24-35-30-19-17-29(44(54)57-4)23-28(30)18-20-40(35)56-3/h5-20,23,27,36-37,46H,21-22,24-26H2,1-4H3,(H,47,55)(H,48,52). The van der Waals surface area contributed by atoms with Crippen LogP contribution in [0.25, 0.3) is 21.9 Å². The molecule has 2 unspecified atom stereocenters. The number of nitrogens with one attached hydrogen (secondary N) is 3. The van der Waals surface area contributed by atoms with Gasteiger partial charge in [0.1, 0.15) is 18.4 Å². The van der Waals surface area contributed by atoms with Gasteiger partial charge in [-0.25, -0.2) is 9.59 Å². The SMILES string of the molecule is CNC(C)C(=O)NC1CN(C(=O)CCNC(=O)OCC2c3ccccc3-c3ccccc32)c2ccccc2N(Cc2c(OC)ccc3cc(C(=O)OC)ccc23)C1=O. The van der Waals surface area contributed by atoms with Gasteiger partial charge in [0, 0.05) is 24.4 Å². The number of carbonyl (C=O) groups excluding carboxylic acids is 5. The minimum absolute atomic E-state index is 0.00720. The highest BCUT2D eigenvalue weighted by molar-refractivity contribution is 6.09. The first-order valence-electron chi connectivity index (χ1n) is 19.1. The molecule has 2 atom stereocenters. The number of rotatable bonds is 12. The van der Waals surface area contributed by atoms with Crippen molar-refractivity contribution >= 4 is 51.9 Å². The molecule has 1 aliphatic heterocycles. The lowest BCUT2D eigenvalue weighted by molar-refractivity contribution is -0.128. The maximum absolute atomic E-state index is 14.7. The van der Waals surface area contributed by atoms with E-state index in [1.165, 1.54) is 24.0 Å². The number of amides is 4. The molecule has 0 fully saturated rings. The topological polar surface area (TPSA) is 156 Å². The minimum Gasteiger partial charge on any atom is -0.496 e. The summed E-state index contributed by atoms with van der Waals surface area (Å²) in [6.07, 6.45) is -0.763. The number of ether oxygens (including phenoxy) is 3. The number of nitrogens with zero attached hydrogens (tertiary/aromatic N) is 2. The van der Waals surface area contributed by atoms with Crippen molar-refractivity contribution in [3.8, 4) is 16.9 Å². The van der Waals surface area contributed by atoms with E-state index in [9.17, 15) is 24.0 Å². The summed E-state index contributed by atoms with van der Waals surface area (Å²) in [6, 6.07) is 30.1. The van der Waals surface area contributed by atoms with E-state index in [-0.39, 0.29) is 44.5 Å². The number of likely N-dealkylation sites (N-methyl/N-ethyl adjacent to an activating group) is 1. The number of hydrogen-bond acceptors (Lipinski definition) is 9. The first kappa shape index (κ1) is 39.5. The highest BCUT2D eigenvalue weighted by Gasteiger charge is 2.38. The first-order valence-corrected chi connectivity index (χ1v) is 19.1. The van der Waals surface area contributed by atoms with Crippen LogP contribution in [-0.4, -0.2) is 82.8 Å². The van der Waals surface area contributed by atoms with Gasteiger partial charge in [-0.2, -0.15) is 0 Å². The molecule has 298 valence electrons. The highest BCUT2D eigenvalue weighted by Crippen LogP contribution is 2.44. The molecule has 58 heavy (non-hydrogen) atoms. The maximum atomic E-state index is 14.7. The number of anilines is 2. The molecule has 7 rings (SSSR count). The molecule has 13 heteroatoms. The maximum Gasteiger partial charge on any atom is 0.407 e. The van der Waals surface area contributed by atoms with Crippen molar-refractivity contribution in [3.63, 3.8) is 0 Å². The molecule has 1 heterocycles. The molecule has 3 N–H and O–H groups in total. The predicted octanol–water partition coefficient (Wildman–Crippen LogP) is 5.54. The van der Waals surface area contributed by atoms with E-state index >= 15 is 0 Å². The Morgan fingerprint density at radius 1 is 0.845 bits per heavy atom. The van der Waals surface area contributed by atoms with Crippen LogP contribution in [0.15, 0.2) is 103 Å². The molecular weight excluding hydrogens is 739 g/mol. The van der Waals surface area contributed by atoms with E-state index in [4.69, 9.17) is 14.2 Å². The zero-order valence-electron chi connectivity index (χ0n) is 32.7. The zero-order valence-corrected chi connectivity index (χ0v) is 32.7. The molecule has 13 nitrogen and oxygen atoms in total. The van der Waals surface area contributed by atoms with Crippen LogP contribution >= 0.6 is 0 Å². The van der Waals surface area contributed by atoms with Crippen molar-refractivity contribution < 1.29 is 38.2 Å². The summed E-state index contributed by atoms with van der Waals surface area (Å²) < 4.78 is 16.4. The van der Waals surface area contributed by atoms with Crippen LogP contribution in [0.5, 0.6) is 5.75 Å². The number of methoxy groups -OCH3 is 2. The molecule has 5 aromatic carbocycles. The third-order valence-electron chi connectivity index (χ3n) is 10.8. The Morgan fingerprint density at radius 2 is 1.52 bits per heavy atom. The van der Waals surface area contributed by atoms with Crippen LogP contribution in [0.1, 0.15) is 46.3 Å². The molecule has 0 saturated heterocycles.